The molecule has 1 heterocycles. The summed E-state index contributed by atoms with van der Waals surface area (Å²) < 4.78 is 19.4. The molecule has 1 saturated heterocycles. The van der Waals surface area contributed by atoms with Crippen LogP contribution < -0.4 is 4.74 Å². The molecule has 1 unspecified atom stereocenters. The fourth-order valence-corrected chi connectivity index (χ4v) is 2.64. The van der Waals surface area contributed by atoms with Crippen LogP contribution in [0.2, 0.25) is 0 Å². The van der Waals surface area contributed by atoms with E-state index < -0.39 is 5.82 Å². The van der Waals surface area contributed by atoms with E-state index in [1.165, 1.54) is 25.3 Å². The van der Waals surface area contributed by atoms with Crippen LogP contribution in [0.4, 0.5) is 4.39 Å². The molecule has 1 fully saturated rings. The van der Waals surface area contributed by atoms with Gasteiger partial charge in [0.05, 0.1) is 12.2 Å². The minimum atomic E-state index is -0.414. The second-order valence-electron chi connectivity index (χ2n) is 5.37. The van der Waals surface area contributed by atoms with Gasteiger partial charge in [0.25, 0.3) is 0 Å². The van der Waals surface area contributed by atoms with Gasteiger partial charge >= 0.3 is 0 Å². The molecule has 1 aromatic carbocycles. The summed E-state index contributed by atoms with van der Waals surface area (Å²) >= 11 is 0. The van der Waals surface area contributed by atoms with E-state index in [1.54, 1.807) is 12.1 Å². The lowest BCUT2D eigenvalue weighted by Crippen LogP contribution is -2.37. The number of halogens is 1. The van der Waals surface area contributed by atoms with Crippen LogP contribution in [0.15, 0.2) is 18.2 Å². The highest BCUT2D eigenvalue weighted by Crippen LogP contribution is 2.20. The minimum absolute atomic E-state index is 0.271. The number of ether oxygens (including phenoxy) is 1. The SMILES string of the molecule is CN1CCCCC1CCOc1ccc(C#CCO)c(F)c1. The van der Waals surface area contributed by atoms with Crippen LogP contribution in [-0.2, 0) is 0 Å². The molecule has 21 heavy (non-hydrogen) atoms. The Hall–Kier alpha value is -1.57. The van der Waals surface area contributed by atoms with Gasteiger partial charge in [-0.1, -0.05) is 18.3 Å². The van der Waals surface area contributed by atoms with Crippen molar-refractivity contribution >= 4 is 0 Å². The Morgan fingerprint density at radius 3 is 3.00 bits per heavy atom. The summed E-state index contributed by atoms with van der Waals surface area (Å²) in [5, 5.41) is 8.61. The Kier molecular flexibility index (Phi) is 6.04. The first-order chi connectivity index (χ1) is 10.2. The molecule has 0 bridgehead atoms. The largest absolute Gasteiger partial charge is 0.493 e. The molecular weight excluding hydrogens is 269 g/mol. The number of benzene rings is 1. The van der Waals surface area contributed by atoms with Crippen LogP contribution in [0, 0.1) is 17.7 Å². The fourth-order valence-electron chi connectivity index (χ4n) is 2.64. The Balaban J connectivity index is 1.84. The van der Waals surface area contributed by atoms with Gasteiger partial charge in [-0.3, -0.25) is 0 Å². The van der Waals surface area contributed by atoms with Gasteiger partial charge in [-0.05, 0) is 45.0 Å². The van der Waals surface area contributed by atoms with E-state index in [9.17, 15) is 4.39 Å². The maximum atomic E-state index is 13.7. The topological polar surface area (TPSA) is 32.7 Å². The molecule has 0 spiro atoms. The Labute approximate surface area is 125 Å². The van der Waals surface area contributed by atoms with E-state index >= 15 is 0 Å². The van der Waals surface area contributed by atoms with Gasteiger partial charge in [0.1, 0.15) is 18.2 Å². The predicted molar refractivity (Wildman–Crippen MR) is 80.7 cm³/mol. The normalized spacial score (nSPS) is 18.9. The van der Waals surface area contributed by atoms with E-state index in [-0.39, 0.29) is 12.2 Å². The number of rotatable bonds is 4. The van der Waals surface area contributed by atoms with Crippen LogP contribution in [0.5, 0.6) is 5.75 Å². The summed E-state index contributed by atoms with van der Waals surface area (Å²) in [5.41, 5.74) is 0.281. The molecular formula is C17H22FNO2. The third-order valence-corrected chi connectivity index (χ3v) is 3.88. The smallest absolute Gasteiger partial charge is 0.142 e. The van der Waals surface area contributed by atoms with Crippen molar-refractivity contribution in [2.24, 2.45) is 0 Å². The molecule has 114 valence electrons. The number of likely N-dealkylation sites (tertiary alicyclic amines) is 1. The minimum Gasteiger partial charge on any atom is -0.493 e. The Morgan fingerprint density at radius 2 is 2.29 bits per heavy atom. The highest BCUT2D eigenvalue weighted by molar-refractivity contribution is 5.39. The van der Waals surface area contributed by atoms with Crippen molar-refractivity contribution in [1.29, 1.82) is 0 Å². The molecule has 1 atom stereocenters. The van der Waals surface area contributed by atoms with Crippen molar-refractivity contribution in [3.8, 4) is 17.6 Å². The van der Waals surface area contributed by atoms with Crippen molar-refractivity contribution in [2.75, 3.05) is 26.8 Å². The molecule has 2 rings (SSSR count). The number of aliphatic hydroxyl groups is 1. The van der Waals surface area contributed by atoms with Crippen molar-refractivity contribution in [3.05, 3.63) is 29.6 Å². The van der Waals surface area contributed by atoms with Crippen molar-refractivity contribution < 1.29 is 14.2 Å². The van der Waals surface area contributed by atoms with Crippen LogP contribution in [0.1, 0.15) is 31.2 Å². The van der Waals surface area contributed by atoms with Gasteiger partial charge in [0, 0.05) is 12.1 Å². The van der Waals surface area contributed by atoms with Gasteiger partial charge in [-0.25, -0.2) is 4.39 Å². The lowest BCUT2D eigenvalue weighted by atomic mass is 10.0. The summed E-state index contributed by atoms with van der Waals surface area (Å²) in [6.45, 7) is 1.47. The maximum Gasteiger partial charge on any atom is 0.142 e. The summed E-state index contributed by atoms with van der Waals surface area (Å²) in [7, 11) is 2.15. The highest BCUT2D eigenvalue weighted by atomic mass is 19.1. The summed E-state index contributed by atoms with van der Waals surface area (Å²) in [6, 6.07) is 5.22. The molecule has 0 amide bonds. The number of nitrogens with zero attached hydrogens (tertiary/aromatic N) is 1. The summed E-state index contributed by atoms with van der Waals surface area (Å²) in [5.74, 6) is 5.12. The molecule has 0 saturated carbocycles. The van der Waals surface area contributed by atoms with Crippen LogP contribution >= 0.6 is 0 Å². The zero-order chi connectivity index (χ0) is 15.1. The van der Waals surface area contributed by atoms with E-state index in [2.05, 4.69) is 23.8 Å². The van der Waals surface area contributed by atoms with Crippen molar-refractivity contribution in [1.82, 2.24) is 4.90 Å². The van der Waals surface area contributed by atoms with E-state index in [1.807, 2.05) is 0 Å². The molecule has 1 aliphatic heterocycles. The van der Waals surface area contributed by atoms with Gasteiger partial charge in [0.2, 0.25) is 0 Å². The number of aliphatic hydroxyl groups excluding tert-OH is 1. The van der Waals surface area contributed by atoms with E-state index in [4.69, 9.17) is 9.84 Å². The predicted octanol–water partition coefficient (Wildman–Crippen LogP) is 2.42. The van der Waals surface area contributed by atoms with Gasteiger partial charge < -0.3 is 14.7 Å². The number of hydrogen-bond acceptors (Lipinski definition) is 3. The van der Waals surface area contributed by atoms with E-state index in [0.717, 1.165) is 13.0 Å². The van der Waals surface area contributed by atoms with Crippen LogP contribution in [0.3, 0.4) is 0 Å². The molecule has 0 aromatic heterocycles. The van der Waals surface area contributed by atoms with Crippen LogP contribution in [0.25, 0.3) is 0 Å². The molecule has 4 heteroatoms. The molecule has 0 aliphatic carbocycles. The standard InChI is InChI=1S/C17H22FNO2/c1-19-10-3-2-6-15(19)9-12-21-16-8-7-14(5-4-11-20)17(18)13-16/h7-8,13,15,20H,2-3,6,9-12H2,1H3. The number of piperidine rings is 1. The van der Waals surface area contributed by atoms with E-state index in [0.29, 0.717) is 18.4 Å². The Morgan fingerprint density at radius 1 is 1.43 bits per heavy atom. The first-order valence-electron chi connectivity index (χ1n) is 7.43. The quantitative estimate of drug-likeness (QED) is 0.865. The van der Waals surface area contributed by atoms with Crippen LogP contribution in [-0.4, -0.2) is 42.9 Å². The second kappa shape index (κ2) is 8.02. The highest BCUT2D eigenvalue weighted by Gasteiger charge is 2.18. The lowest BCUT2D eigenvalue weighted by molar-refractivity contribution is 0.153. The second-order valence-corrected chi connectivity index (χ2v) is 5.37. The first kappa shape index (κ1) is 15.8. The monoisotopic (exact) mass is 291 g/mol. The molecule has 1 aliphatic rings. The van der Waals surface area contributed by atoms with Gasteiger partial charge in [-0.2, -0.15) is 0 Å². The first-order valence-corrected chi connectivity index (χ1v) is 7.43. The summed E-state index contributed by atoms with van der Waals surface area (Å²) in [4.78, 5) is 2.38. The molecule has 1 N–H and O–H groups in total. The maximum absolute atomic E-state index is 13.7. The Bertz CT molecular complexity index is 521. The third-order valence-electron chi connectivity index (χ3n) is 3.88. The van der Waals surface area contributed by atoms with Gasteiger partial charge in [-0.15, -0.1) is 0 Å². The average molecular weight is 291 g/mol. The van der Waals surface area contributed by atoms with Crippen molar-refractivity contribution in [2.45, 2.75) is 31.7 Å². The lowest BCUT2D eigenvalue weighted by Gasteiger charge is -2.32. The van der Waals surface area contributed by atoms with Gasteiger partial charge in [0.15, 0.2) is 0 Å². The number of hydrogen-bond donors (Lipinski definition) is 1. The summed E-state index contributed by atoms with van der Waals surface area (Å²) in [6.07, 6.45) is 4.73. The molecule has 0 radical (unpaired) electrons. The van der Waals surface area contributed by atoms with Crippen molar-refractivity contribution in [3.63, 3.8) is 0 Å². The zero-order valence-electron chi connectivity index (χ0n) is 12.4. The average Bonchev–Trinajstić information content (AvgIpc) is 2.48. The molecule has 1 aromatic rings. The fraction of sp³-hybridized carbons (Fsp3) is 0.529. The molecule has 3 nitrogen and oxygen atoms in total. The third kappa shape index (κ3) is 4.73. The zero-order valence-corrected chi connectivity index (χ0v) is 12.4.